The van der Waals surface area contributed by atoms with Gasteiger partial charge in [-0.3, -0.25) is 15.0 Å². The second-order valence-corrected chi connectivity index (χ2v) is 11.1. The third-order valence-corrected chi connectivity index (χ3v) is 7.62. The van der Waals surface area contributed by atoms with Crippen molar-refractivity contribution in [1.82, 2.24) is 24.8 Å². The number of nitrogens with one attached hydrogen (secondary N) is 2. The van der Waals surface area contributed by atoms with Crippen molar-refractivity contribution >= 4 is 51.7 Å². The SMILES string of the molecule is CCCN1CCN(c2nc(Nc3ncc(C)s3)nc(Sc3ccc(NC(=O)C4CC4)cc3)n2)CC1. The van der Waals surface area contributed by atoms with Crippen molar-refractivity contribution in [2.24, 2.45) is 5.92 Å². The molecule has 1 aliphatic heterocycles. The van der Waals surface area contributed by atoms with Crippen LogP contribution in [0.3, 0.4) is 0 Å². The number of benzene rings is 1. The molecular formula is C24H30N8OS2. The molecule has 11 heteroatoms. The number of piperazine rings is 1. The Kier molecular flexibility index (Phi) is 7.45. The van der Waals surface area contributed by atoms with Gasteiger partial charge in [-0.25, -0.2) is 4.98 Å². The summed E-state index contributed by atoms with van der Waals surface area (Å²) in [5.41, 5.74) is 0.814. The molecule has 184 valence electrons. The van der Waals surface area contributed by atoms with Crippen molar-refractivity contribution in [2.75, 3.05) is 48.3 Å². The van der Waals surface area contributed by atoms with Gasteiger partial charge in [0.15, 0.2) is 10.3 Å². The Morgan fingerprint density at radius 2 is 1.89 bits per heavy atom. The lowest BCUT2D eigenvalue weighted by atomic mass is 10.3. The van der Waals surface area contributed by atoms with Crippen LogP contribution in [0.2, 0.25) is 0 Å². The third kappa shape index (κ3) is 6.47. The van der Waals surface area contributed by atoms with Crippen LogP contribution < -0.4 is 15.5 Å². The Morgan fingerprint density at radius 1 is 1.11 bits per heavy atom. The molecule has 1 aromatic carbocycles. The summed E-state index contributed by atoms with van der Waals surface area (Å²) in [7, 11) is 0. The summed E-state index contributed by atoms with van der Waals surface area (Å²) in [4.78, 5) is 37.4. The number of aryl methyl sites for hydroxylation is 1. The Bertz CT molecular complexity index is 1160. The first-order valence-corrected chi connectivity index (χ1v) is 13.7. The largest absolute Gasteiger partial charge is 0.338 e. The quantitative estimate of drug-likeness (QED) is 0.433. The molecular weight excluding hydrogens is 480 g/mol. The van der Waals surface area contributed by atoms with Gasteiger partial charge in [0.2, 0.25) is 17.8 Å². The fraction of sp³-hybridized carbons (Fsp3) is 0.458. The molecule has 1 amide bonds. The number of amides is 1. The van der Waals surface area contributed by atoms with Crippen LogP contribution in [0.1, 0.15) is 31.1 Å². The van der Waals surface area contributed by atoms with Crippen molar-refractivity contribution < 1.29 is 4.79 Å². The Balaban J connectivity index is 1.33. The van der Waals surface area contributed by atoms with Crippen molar-refractivity contribution in [3.8, 4) is 0 Å². The topological polar surface area (TPSA) is 99.2 Å². The van der Waals surface area contributed by atoms with Gasteiger partial charge in [0.25, 0.3) is 0 Å². The van der Waals surface area contributed by atoms with Gasteiger partial charge in [0.1, 0.15) is 0 Å². The summed E-state index contributed by atoms with van der Waals surface area (Å²) in [5.74, 6) is 1.47. The summed E-state index contributed by atoms with van der Waals surface area (Å²) < 4.78 is 0. The molecule has 2 N–H and O–H groups in total. The zero-order chi connectivity index (χ0) is 24.2. The van der Waals surface area contributed by atoms with E-state index in [9.17, 15) is 4.79 Å². The zero-order valence-corrected chi connectivity index (χ0v) is 21.7. The Labute approximate surface area is 213 Å². The van der Waals surface area contributed by atoms with Crippen molar-refractivity contribution in [2.45, 2.75) is 43.2 Å². The van der Waals surface area contributed by atoms with E-state index in [4.69, 9.17) is 9.97 Å². The number of hydrogen-bond donors (Lipinski definition) is 2. The van der Waals surface area contributed by atoms with Crippen LogP contribution >= 0.6 is 23.1 Å². The van der Waals surface area contributed by atoms with Gasteiger partial charge in [0.05, 0.1) is 0 Å². The van der Waals surface area contributed by atoms with Crippen molar-refractivity contribution in [1.29, 1.82) is 0 Å². The first-order valence-electron chi connectivity index (χ1n) is 12.1. The van der Waals surface area contributed by atoms with E-state index < -0.39 is 0 Å². The maximum Gasteiger partial charge on any atom is 0.234 e. The third-order valence-electron chi connectivity index (χ3n) is 5.92. The first-order chi connectivity index (χ1) is 17.1. The molecule has 9 nitrogen and oxygen atoms in total. The van der Waals surface area contributed by atoms with Gasteiger partial charge in [-0.1, -0.05) is 6.92 Å². The molecule has 3 aromatic rings. The van der Waals surface area contributed by atoms with Crippen LogP contribution in [0.25, 0.3) is 0 Å². The van der Waals surface area contributed by atoms with E-state index >= 15 is 0 Å². The number of rotatable bonds is 9. The number of carbonyl (C=O) groups is 1. The number of anilines is 4. The maximum atomic E-state index is 12.0. The second-order valence-electron chi connectivity index (χ2n) is 8.86. The van der Waals surface area contributed by atoms with E-state index in [2.05, 4.69) is 37.3 Å². The van der Waals surface area contributed by atoms with Crippen molar-refractivity contribution in [3.05, 3.63) is 35.3 Å². The monoisotopic (exact) mass is 510 g/mol. The zero-order valence-electron chi connectivity index (χ0n) is 20.0. The molecule has 1 saturated heterocycles. The second kappa shape index (κ2) is 10.9. The molecule has 2 aromatic heterocycles. The first kappa shape index (κ1) is 24.0. The van der Waals surface area contributed by atoms with Gasteiger partial charge in [0, 0.05) is 53.8 Å². The van der Waals surface area contributed by atoms with E-state index in [1.165, 1.54) is 11.8 Å². The number of carbonyl (C=O) groups excluding carboxylic acids is 1. The van der Waals surface area contributed by atoms with Crippen LogP contribution in [0.4, 0.5) is 22.7 Å². The van der Waals surface area contributed by atoms with E-state index in [0.29, 0.717) is 17.1 Å². The average molecular weight is 511 g/mol. The maximum absolute atomic E-state index is 12.0. The van der Waals surface area contributed by atoms with Gasteiger partial charge in [-0.2, -0.15) is 15.0 Å². The summed E-state index contributed by atoms with van der Waals surface area (Å²) >= 11 is 3.05. The highest BCUT2D eigenvalue weighted by molar-refractivity contribution is 7.99. The molecule has 5 rings (SSSR count). The molecule has 1 saturated carbocycles. The van der Waals surface area contributed by atoms with Crippen LogP contribution in [-0.4, -0.2) is 63.5 Å². The van der Waals surface area contributed by atoms with Gasteiger partial charge < -0.3 is 10.2 Å². The molecule has 3 heterocycles. The Hall–Kier alpha value is -2.76. The predicted octanol–water partition coefficient (Wildman–Crippen LogP) is 4.41. The lowest BCUT2D eigenvalue weighted by Gasteiger charge is -2.34. The number of nitrogens with zero attached hydrogens (tertiary/aromatic N) is 6. The number of aromatic nitrogens is 4. The molecule has 2 aliphatic rings. The van der Waals surface area contributed by atoms with Gasteiger partial charge in [-0.05, 0) is 68.8 Å². The minimum atomic E-state index is 0.111. The molecule has 0 atom stereocenters. The minimum absolute atomic E-state index is 0.111. The van der Waals surface area contributed by atoms with Crippen LogP contribution in [0, 0.1) is 12.8 Å². The molecule has 2 fully saturated rings. The summed E-state index contributed by atoms with van der Waals surface area (Å²) in [5, 5.41) is 7.62. The highest BCUT2D eigenvalue weighted by atomic mass is 32.2. The smallest absolute Gasteiger partial charge is 0.234 e. The molecule has 35 heavy (non-hydrogen) atoms. The Morgan fingerprint density at radius 3 is 2.54 bits per heavy atom. The summed E-state index contributed by atoms with van der Waals surface area (Å²) in [6, 6.07) is 7.82. The van der Waals surface area contributed by atoms with E-state index in [1.807, 2.05) is 37.4 Å². The average Bonchev–Trinajstić information content (AvgIpc) is 3.63. The van der Waals surface area contributed by atoms with Crippen LogP contribution in [0.15, 0.2) is 40.5 Å². The molecule has 0 spiro atoms. The van der Waals surface area contributed by atoms with Gasteiger partial charge in [-0.15, -0.1) is 11.3 Å². The lowest BCUT2D eigenvalue weighted by Crippen LogP contribution is -2.47. The fourth-order valence-electron chi connectivity index (χ4n) is 3.89. The van der Waals surface area contributed by atoms with Crippen LogP contribution in [0.5, 0.6) is 0 Å². The molecule has 0 bridgehead atoms. The minimum Gasteiger partial charge on any atom is -0.338 e. The van der Waals surface area contributed by atoms with Gasteiger partial charge >= 0.3 is 0 Å². The van der Waals surface area contributed by atoms with E-state index in [0.717, 1.165) is 72.6 Å². The summed E-state index contributed by atoms with van der Waals surface area (Å²) in [6.45, 7) is 9.15. The molecule has 0 radical (unpaired) electrons. The number of thiazole rings is 1. The highest BCUT2D eigenvalue weighted by Crippen LogP contribution is 2.32. The predicted molar refractivity (Wildman–Crippen MR) is 141 cm³/mol. The van der Waals surface area contributed by atoms with E-state index in [-0.39, 0.29) is 11.8 Å². The molecule has 1 aliphatic carbocycles. The van der Waals surface area contributed by atoms with Crippen LogP contribution in [-0.2, 0) is 4.79 Å². The van der Waals surface area contributed by atoms with Crippen molar-refractivity contribution in [3.63, 3.8) is 0 Å². The highest BCUT2D eigenvalue weighted by Gasteiger charge is 2.29. The summed E-state index contributed by atoms with van der Waals surface area (Å²) in [6.07, 6.45) is 4.98. The van der Waals surface area contributed by atoms with E-state index in [1.54, 1.807) is 11.3 Å². The fourth-order valence-corrected chi connectivity index (χ4v) is 5.29. The number of hydrogen-bond acceptors (Lipinski definition) is 10. The lowest BCUT2D eigenvalue weighted by molar-refractivity contribution is -0.117. The standard InChI is InChI=1S/C24H30N8OS2/c1-3-10-31-11-13-32(14-12-31)22-27-21(28-23-25-15-16(2)34-23)29-24(30-22)35-19-8-6-18(7-9-19)26-20(33)17-4-5-17/h6-9,15,17H,3-5,10-14H2,1-2H3,(H,26,33)(H,25,27,28,29,30). The normalized spacial score (nSPS) is 16.3. The molecule has 0 unspecified atom stereocenters.